The zero-order chi connectivity index (χ0) is 14.2. The smallest absolute Gasteiger partial charge is 0.287 e. The van der Waals surface area contributed by atoms with Gasteiger partial charge in [-0.05, 0) is 37.5 Å². The predicted octanol–water partition coefficient (Wildman–Crippen LogP) is 4.46. The molecule has 18 heavy (non-hydrogen) atoms. The van der Waals surface area contributed by atoms with Crippen LogP contribution in [0.4, 0.5) is 17.6 Å². The Bertz CT molecular complexity index is 497. The van der Waals surface area contributed by atoms with Crippen LogP contribution in [0, 0.1) is 20.8 Å². The van der Waals surface area contributed by atoms with E-state index < -0.39 is 18.1 Å². The number of benzene rings is 1. The molecular weight excluding hydrogens is 316 g/mol. The molecule has 0 heterocycles. The molecule has 0 N–H and O–H groups in total. The maximum Gasteiger partial charge on any atom is 0.368 e. The molecule has 0 amide bonds. The van der Waals surface area contributed by atoms with Crippen LogP contribution in [0.15, 0.2) is 10.5 Å². The third-order valence-corrected chi connectivity index (χ3v) is 3.90. The molecule has 100 valence electrons. The Morgan fingerprint density at radius 1 is 1.22 bits per heavy atom. The quantitative estimate of drug-likeness (QED) is 0.592. The summed E-state index contributed by atoms with van der Waals surface area (Å²) in [5, 5.41) is 0. The van der Waals surface area contributed by atoms with Gasteiger partial charge in [-0.2, -0.15) is 8.78 Å². The van der Waals surface area contributed by atoms with Gasteiger partial charge < -0.3 is 0 Å². The first-order chi connectivity index (χ1) is 8.10. The van der Waals surface area contributed by atoms with Gasteiger partial charge in [0.25, 0.3) is 0 Å². The van der Waals surface area contributed by atoms with Crippen LogP contribution in [0.3, 0.4) is 0 Å². The number of aryl methyl sites for hydroxylation is 2. The highest BCUT2D eigenvalue weighted by atomic mass is 79.9. The summed E-state index contributed by atoms with van der Waals surface area (Å²) in [4.78, 5) is 11.6. The third kappa shape index (κ3) is 2.43. The lowest BCUT2D eigenvalue weighted by molar-refractivity contribution is -0.0958. The molecular formula is C12H11BrF4O. The number of Topliss-reactive ketones (excluding diaryl/α,β-unsaturated/α-hetero) is 1. The monoisotopic (exact) mass is 326 g/mol. The molecule has 0 aliphatic heterocycles. The Kier molecular flexibility index (Phi) is 4.20. The van der Waals surface area contributed by atoms with Crippen molar-refractivity contribution in [3.05, 3.63) is 32.8 Å². The highest BCUT2D eigenvalue weighted by Gasteiger charge is 2.49. The van der Waals surface area contributed by atoms with Crippen LogP contribution in [0.25, 0.3) is 0 Å². The Morgan fingerprint density at radius 3 is 2.17 bits per heavy atom. The molecule has 6 heteroatoms. The van der Waals surface area contributed by atoms with Gasteiger partial charge in [0.2, 0.25) is 5.78 Å². The number of carbonyl (C=O) groups excluding carboxylic acids is 1. The molecule has 0 bridgehead atoms. The van der Waals surface area contributed by atoms with Crippen molar-refractivity contribution >= 4 is 21.7 Å². The minimum atomic E-state index is -4.66. The molecule has 0 saturated carbocycles. The molecule has 0 atom stereocenters. The van der Waals surface area contributed by atoms with Crippen molar-refractivity contribution in [2.45, 2.75) is 33.1 Å². The Labute approximate surface area is 110 Å². The Hall–Kier alpha value is -0.910. The molecule has 1 aromatic carbocycles. The van der Waals surface area contributed by atoms with E-state index in [0.717, 1.165) is 5.56 Å². The summed E-state index contributed by atoms with van der Waals surface area (Å²) in [7, 11) is 0. The van der Waals surface area contributed by atoms with Crippen molar-refractivity contribution in [1.82, 2.24) is 0 Å². The number of hydrogen-bond acceptors (Lipinski definition) is 1. The fourth-order valence-corrected chi connectivity index (χ4v) is 2.09. The van der Waals surface area contributed by atoms with E-state index in [9.17, 15) is 22.4 Å². The van der Waals surface area contributed by atoms with Crippen molar-refractivity contribution in [2.24, 2.45) is 0 Å². The zero-order valence-corrected chi connectivity index (χ0v) is 11.5. The average Bonchev–Trinajstić information content (AvgIpc) is 2.25. The van der Waals surface area contributed by atoms with Crippen molar-refractivity contribution < 1.29 is 22.4 Å². The first-order valence-electron chi connectivity index (χ1n) is 5.07. The summed E-state index contributed by atoms with van der Waals surface area (Å²) in [6, 6.07) is 1.51. The molecule has 0 aliphatic rings. The third-order valence-electron chi connectivity index (χ3n) is 2.68. The minimum Gasteiger partial charge on any atom is -0.287 e. The normalized spacial score (nSPS) is 12.1. The van der Waals surface area contributed by atoms with E-state index in [1.807, 2.05) is 0 Å². The van der Waals surface area contributed by atoms with Crippen LogP contribution in [-0.2, 0) is 0 Å². The lowest BCUT2D eigenvalue weighted by Gasteiger charge is -2.18. The molecule has 0 aromatic heterocycles. The average molecular weight is 327 g/mol. The molecule has 0 aliphatic carbocycles. The summed E-state index contributed by atoms with van der Waals surface area (Å²) in [5.74, 6) is -6.50. The van der Waals surface area contributed by atoms with E-state index >= 15 is 0 Å². The second-order valence-electron chi connectivity index (χ2n) is 4.08. The van der Waals surface area contributed by atoms with Gasteiger partial charge in [-0.15, -0.1) is 0 Å². The first-order valence-corrected chi connectivity index (χ1v) is 5.87. The van der Waals surface area contributed by atoms with Crippen LogP contribution in [0.2, 0.25) is 0 Å². The predicted molar refractivity (Wildman–Crippen MR) is 63.6 cm³/mol. The van der Waals surface area contributed by atoms with Crippen LogP contribution >= 0.6 is 15.9 Å². The lowest BCUT2D eigenvalue weighted by Crippen LogP contribution is -2.37. The van der Waals surface area contributed by atoms with E-state index in [0.29, 0.717) is 4.47 Å². The largest absolute Gasteiger partial charge is 0.368 e. The molecule has 1 rings (SSSR count). The van der Waals surface area contributed by atoms with E-state index in [4.69, 9.17) is 0 Å². The second kappa shape index (κ2) is 4.99. The highest BCUT2D eigenvalue weighted by molar-refractivity contribution is 9.10. The molecule has 0 spiro atoms. The Balaban J connectivity index is 3.44. The standard InChI is InChI=1S/C12H11BrF4O/c1-5-4-6(2)9(13)7(3)8(5)10(18)12(16,17)11(14)15/h4,11H,1-3H3. The van der Waals surface area contributed by atoms with Gasteiger partial charge in [-0.25, -0.2) is 8.78 Å². The number of rotatable bonds is 3. The lowest BCUT2D eigenvalue weighted by atomic mass is 9.94. The molecule has 1 aromatic rings. The van der Waals surface area contributed by atoms with Gasteiger partial charge in [0, 0.05) is 10.0 Å². The summed E-state index contributed by atoms with van der Waals surface area (Å²) < 4.78 is 51.1. The van der Waals surface area contributed by atoms with Gasteiger partial charge >= 0.3 is 12.3 Å². The van der Waals surface area contributed by atoms with Gasteiger partial charge in [0.05, 0.1) is 0 Å². The van der Waals surface area contributed by atoms with E-state index in [1.165, 1.54) is 19.9 Å². The van der Waals surface area contributed by atoms with Crippen molar-refractivity contribution in [2.75, 3.05) is 0 Å². The highest BCUT2D eigenvalue weighted by Crippen LogP contribution is 2.33. The SMILES string of the molecule is Cc1cc(C)c(C(=O)C(F)(F)C(F)F)c(C)c1Br. The maximum atomic E-state index is 13.1. The number of alkyl halides is 4. The van der Waals surface area contributed by atoms with Crippen LogP contribution in [0.5, 0.6) is 0 Å². The summed E-state index contributed by atoms with van der Waals surface area (Å²) in [6.07, 6.45) is -4.01. The summed E-state index contributed by atoms with van der Waals surface area (Å²) >= 11 is 3.15. The van der Waals surface area contributed by atoms with Crippen molar-refractivity contribution in [3.8, 4) is 0 Å². The van der Waals surface area contributed by atoms with Crippen molar-refractivity contribution in [3.63, 3.8) is 0 Å². The van der Waals surface area contributed by atoms with E-state index in [2.05, 4.69) is 15.9 Å². The molecule has 1 nitrogen and oxygen atoms in total. The van der Waals surface area contributed by atoms with Crippen LogP contribution in [0.1, 0.15) is 27.0 Å². The number of hydrogen-bond donors (Lipinski definition) is 0. The fourth-order valence-electron chi connectivity index (χ4n) is 1.78. The topological polar surface area (TPSA) is 17.1 Å². The summed E-state index contributed by atoms with van der Waals surface area (Å²) in [5.41, 5.74) is 0.913. The fraction of sp³-hybridized carbons (Fsp3) is 0.417. The van der Waals surface area contributed by atoms with Gasteiger partial charge in [-0.3, -0.25) is 4.79 Å². The van der Waals surface area contributed by atoms with E-state index in [1.54, 1.807) is 6.92 Å². The first kappa shape index (κ1) is 15.1. The Morgan fingerprint density at radius 2 is 1.72 bits per heavy atom. The molecule has 0 saturated heterocycles. The van der Waals surface area contributed by atoms with Gasteiger partial charge in [0.1, 0.15) is 0 Å². The summed E-state index contributed by atoms with van der Waals surface area (Å²) in [6.45, 7) is 4.61. The van der Waals surface area contributed by atoms with E-state index in [-0.39, 0.29) is 16.7 Å². The number of carbonyl (C=O) groups is 1. The number of halogens is 5. The van der Waals surface area contributed by atoms with Gasteiger partial charge in [-0.1, -0.05) is 22.0 Å². The van der Waals surface area contributed by atoms with Gasteiger partial charge in [0.15, 0.2) is 0 Å². The van der Waals surface area contributed by atoms with Crippen LogP contribution < -0.4 is 0 Å². The minimum absolute atomic E-state index is 0.248. The number of ketones is 1. The maximum absolute atomic E-state index is 13.1. The molecule has 0 unspecified atom stereocenters. The molecule has 0 fully saturated rings. The molecule has 0 radical (unpaired) electrons. The second-order valence-corrected chi connectivity index (χ2v) is 4.87. The zero-order valence-electron chi connectivity index (χ0n) is 9.95. The van der Waals surface area contributed by atoms with Crippen molar-refractivity contribution in [1.29, 1.82) is 0 Å². The van der Waals surface area contributed by atoms with Crippen LogP contribution in [-0.4, -0.2) is 18.1 Å².